The number of halogens is 1. The summed E-state index contributed by atoms with van der Waals surface area (Å²) >= 11 is 3.41. The summed E-state index contributed by atoms with van der Waals surface area (Å²) in [6, 6.07) is 1.86. The topological polar surface area (TPSA) is 46.1 Å². The normalized spacial score (nSPS) is 15.2. The summed E-state index contributed by atoms with van der Waals surface area (Å²) in [5, 5.41) is 6.28. The fourth-order valence-electron chi connectivity index (χ4n) is 2.25. The molecule has 0 radical (unpaired) electrons. The first kappa shape index (κ1) is 14.3. The Bertz CT molecular complexity index is 479. The van der Waals surface area contributed by atoms with E-state index >= 15 is 0 Å². The first-order valence-electron chi connectivity index (χ1n) is 6.73. The average molecular weight is 326 g/mol. The second-order valence-corrected chi connectivity index (χ2v) is 5.57. The highest BCUT2D eigenvalue weighted by atomic mass is 79.9. The summed E-state index contributed by atoms with van der Waals surface area (Å²) in [6.07, 6.45) is 6.19. The van der Waals surface area contributed by atoms with Gasteiger partial charge < -0.3 is 15.2 Å². The number of aryl methyl sites for hydroxylation is 1. The zero-order valence-electron chi connectivity index (χ0n) is 11.2. The van der Waals surface area contributed by atoms with Gasteiger partial charge >= 0.3 is 0 Å². The molecule has 0 unspecified atom stereocenters. The monoisotopic (exact) mass is 325 g/mol. The van der Waals surface area contributed by atoms with Crippen LogP contribution >= 0.6 is 15.9 Å². The molecule has 5 heteroatoms. The number of nitrogens with zero attached hydrogens (tertiary/aromatic N) is 1. The second-order valence-electron chi connectivity index (χ2n) is 4.65. The summed E-state index contributed by atoms with van der Waals surface area (Å²) in [4.78, 5) is 12.1. The Morgan fingerprint density at radius 2 is 2.42 bits per heavy atom. The molecule has 1 aromatic heterocycles. The van der Waals surface area contributed by atoms with Crippen LogP contribution in [0.1, 0.15) is 30.3 Å². The first-order valence-corrected chi connectivity index (χ1v) is 7.52. The number of carbonyl (C=O) groups is 1. The molecule has 0 aliphatic carbocycles. The van der Waals surface area contributed by atoms with Crippen LogP contribution in [-0.4, -0.2) is 30.1 Å². The van der Waals surface area contributed by atoms with Crippen molar-refractivity contribution >= 4 is 21.8 Å². The zero-order valence-corrected chi connectivity index (χ0v) is 12.8. The number of carbonyl (C=O) groups excluding carboxylic acids is 1. The number of aromatic nitrogens is 1. The number of rotatable bonds is 5. The van der Waals surface area contributed by atoms with Crippen LogP contribution in [0.5, 0.6) is 0 Å². The Balaban J connectivity index is 1.85. The maximum absolute atomic E-state index is 12.1. The molecule has 1 aliphatic rings. The molecule has 2 heterocycles. The molecule has 0 spiro atoms. The van der Waals surface area contributed by atoms with Crippen LogP contribution in [0.4, 0.5) is 0 Å². The Labute approximate surface area is 122 Å². The van der Waals surface area contributed by atoms with Crippen molar-refractivity contribution in [3.05, 3.63) is 34.1 Å². The lowest BCUT2D eigenvalue weighted by Crippen LogP contribution is -2.28. The van der Waals surface area contributed by atoms with Crippen molar-refractivity contribution in [2.75, 3.05) is 19.6 Å². The standard InChI is InChI=1S/C14H20BrN3O/c1-2-18-10-12(15)9-13(18)14(19)17-8-5-11-3-6-16-7-4-11/h3,9-10,16H,2,4-8H2,1H3,(H,17,19). The van der Waals surface area contributed by atoms with Crippen molar-refractivity contribution in [2.24, 2.45) is 0 Å². The van der Waals surface area contributed by atoms with Gasteiger partial charge in [-0.1, -0.05) is 11.6 Å². The van der Waals surface area contributed by atoms with E-state index in [0.717, 1.165) is 36.9 Å². The van der Waals surface area contributed by atoms with Gasteiger partial charge in [0.15, 0.2) is 0 Å². The lowest BCUT2D eigenvalue weighted by molar-refractivity contribution is 0.0945. The summed E-state index contributed by atoms with van der Waals surface area (Å²) in [6.45, 7) is 5.53. The van der Waals surface area contributed by atoms with Crippen molar-refractivity contribution < 1.29 is 4.79 Å². The van der Waals surface area contributed by atoms with Crippen LogP contribution in [-0.2, 0) is 6.54 Å². The van der Waals surface area contributed by atoms with Crippen molar-refractivity contribution in [3.63, 3.8) is 0 Å². The van der Waals surface area contributed by atoms with E-state index in [9.17, 15) is 4.79 Å². The number of amides is 1. The molecule has 1 aliphatic heterocycles. The minimum Gasteiger partial charge on any atom is -0.350 e. The van der Waals surface area contributed by atoms with Crippen molar-refractivity contribution in [1.29, 1.82) is 0 Å². The van der Waals surface area contributed by atoms with Crippen LogP contribution in [0.2, 0.25) is 0 Å². The fraction of sp³-hybridized carbons (Fsp3) is 0.500. The SMILES string of the molecule is CCn1cc(Br)cc1C(=O)NCCC1=CCNCC1. The third-order valence-corrected chi connectivity index (χ3v) is 3.76. The van der Waals surface area contributed by atoms with Crippen molar-refractivity contribution in [2.45, 2.75) is 26.3 Å². The zero-order chi connectivity index (χ0) is 13.7. The summed E-state index contributed by atoms with van der Waals surface area (Å²) in [5.74, 6) is 0.00193. The Morgan fingerprint density at radius 3 is 3.11 bits per heavy atom. The second kappa shape index (κ2) is 6.91. The molecule has 2 rings (SSSR count). The molecule has 104 valence electrons. The van der Waals surface area contributed by atoms with Gasteiger partial charge in [0.05, 0.1) is 0 Å². The number of hydrogen-bond donors (Lipinski definition) is 2. The van der Waals surface area contributed by atoms with Gasteiger partial charge in [-0.25, -0.2) is 0 Å². The van der Waals surface area contributed by atoms with Gasteiger partial charge in [-0.2, -0.15) is 0 Å². The summed E-state index contributed by atoms with van der Waals surface area (Å²) in [7, 11) is 0. The maximum Gasteiger partial charge on any atom is 0.267 e. The van der Waals surface area contributed by atoms with Crippen molar-refractivity contribution in [3.8, 4) is 0 Å². The predicted molar refractivity (Wildman–Crippen MR) is 80.3 cm³/mol. The maximum atomic E-state index is 12.1. The molecule has 0 atom stereocenters. The van der Waals surface area contributed by atoms with E-state index < -0.39 is 0 Å². The van der Waals surface area contributed by atoms with Crippen LogP contribution in [0, 0.1) is 0 Å². The van der Waals surface area contributed by atoms with Crippen molar-refractivity contribution in [1.82, 2.24) is 15.2 Å². The number of nitrogens with one attached hydrogen (secondary N) is 2. The predicted octanol–water partition coefficient (Wildman–Crippen LogP) is 2.31. The van der Waals surface area contributed by atoms with Crippen LogP contribution < -0.4 is 10.6 Å². The van der Waals surface area contributed by atoms with Gasteiger partial charge in [0.1, 0.15) is 5.69 Å². The third kappa shape index (κ3) is 3.94. The summed E-state index contributed by atoms with van der Waals surface area (Å²) < 4.78 is 2.89. The minimum atomic E-state index is 0.00193. The van der Waals surface area contributed by atoms with Gasteiger partial charge in [0, 0.05) is 30.3 Å². The van der Waals surface area contributed by atoms with E-state index in [1.807, 2.05) is 23.8 Å². The molecule has 0 bridgehead atoms. The Morgan fingerprint density at radius 1 is 1.58 bits per heavy atom. The Hall–Kier alpha value is -1.07. The molecule has 4 nitrogen and oxygen atoms in total. The van der Waals surface area contributed by atoms with Gasteiger partial charge in [0.2, 0.25) is 0 Å². The molecule has 19 heavy (non-hydrogen) atoms. The quantitative estimate of drug-likeness (QED) is 0.816. The molecule has 1 aromatic rings. The van der Waals surface area contributed by atoms with Gasteiger partial charge in [-0.15, -0.1) is 0 Å². The fourth-order valence-corrected chi connectivity index (χ4v) is 2.71. The molecule has 1 amide bonds. The van der Waals surface area contributed by atoms with E-state index in [1.165, 1.54) is 5.57 Å². The highest BCUT2D eigenvalue weighted by Gasteiger charge is 2.12. The minimum absolute atomic E-state index is 0.00193. The molecular weight excluding hydrogens is 306 g/mol. The van der Waals surface area contributed by atoms with Gasteiger partial charge in [0.25, 0.3) is 5.91 Å². The molecule has 0 saturated carbocycles. The molecular formula is C14H20BrN3O. The van der Waals surface area contributed by atoms with Crippen LogP contribution in [0.25, 0.3) is 0 Å². The highest BCUT2D eigenvalue weighted by molar-refractivity contribution is 9.10. The average Bonchev–Trinajstić information content (AvgIpc) is 2.81. The van der Waals surface area contributed by atoms with E-state index in [1.54, 1.807) is 0 Å². The third-order valence-electron chi connectivity index (χ3n) is 3.33. The van der Waals surface area contributed by atoms with Gasteiger partial charge in [-0.3, -0.25) is 4.79 Å². The lowest BCUT2D eigenvalue weighted by atomic mass is 10.1. The van der Waals surface area contributed by atoms with E-state index in [-0.39, 0.29) is 5.91 Å². The smallest absolute Gasteiger partial charge is 0.267 e. The molecule has 0 fully saturated rings. The van der Waals surface area contributed by atoms with E-state index in [2.05, 4.69) is 32.6 Å². The van der Waals surface area contributed by atoms with E-state index in [0.29, 0.717) is 12.2 Å². The first-order chi connectivity index (χ1) is 9.20. The Kier molecular flexibility index (Phi) is 5.22. The van der Waals surface area contributed by atoms with Crippen LogP contribution in [0.15, 0.2) is 28.4 Å². The van der Waals surface area contributed by atoms with Crippen LogP contribution in [0.3, 0.4) is 0 Å². The molecule has 2 N–H and O–H groups in total. The van der Waals surface area contributed by atoms with Gasteiger partial charge in [-0.05, 0) is 48.3 Å². The highest BCUT2D eigenvalue weighted by Crippen LogP contribution is 2.15. The summed E-state index contributed by atoms with van der Waals surface area (Å²) in [5.41, 5.74) is 2.15. The largest absolute Gasteiger partial charge is 0.350 e. The molecule has 0 aromatic carbocycles. The number of hydrogen-bond acceptors (Lipinski definition) is 2. The molecule has 0 saturated heterocycles. The lowest BCUT2D eigenvalue weighted by Gasteiger charge is -2.14. The van der Waals surface area contributed by atoms with E-state index in [4.69, 9.17) is 0 Å².